The van der Waals surface area contributed by atoms with Gasteiger partial charge in [0.25, 0.3) is 0 Å². The van der Waals surface area contributed by atoms with Crippen molar-refractivity contribution in [3.05, 3.63) is 47.2 Å². The molecule has 0 atom stereocenters. The number of nitrogens with zero attached hydrogens (tertiary/aromatic N) is 1. The van der Waals surface area contributed by atoms with Gasteiger partial charge in [-0.3, -0.25) is 9.89 Å². The zero-order valence-corrected chi connectivity index (χ0v) is 9.03. The van der Waals surface area contributed by atoms with Crippen molar-refractivity contribution >= 4 is 11.6 Å². The molecule has 4 heteroatoms. The highest BCUT2D eigenvalue weighted by Gasteiger charge is 2.11. The van der Waals surface area contributed by atoms with Crippen molar-refractivity contribution in [1.29, 1.82) is 0 Å². The van der Waals surface area contributed by atoms with Gasteiger partial charge < -0.3 is 5.73 Å². The van der Waals surface area contributed by atoms with Gasteiger partial charge in [-0.1, -0.05) is 29.8 Å². The van der Waals surface area contributed by atoms with Gasteiger partial charge in [-0.15, -0.1) is 0 Å². The number of Topliss-reactive ketones (excluding diaryl/α,β-unsaturated/α-hetero) is 1. The van der Waals surface area contributed by atoms with E-state index in [-0.39, 0.29) is 5.78 Å². The minimum absolute atomic E-state index is 0.0184. The van der Waals surface area contributed by atoms with Crippen LogP contribution in [0, 0.1) is 6.92 Å². The summed E-state index contributed by atoms with van der Waals surface area (Å²) in [5.74, 6) is 0.312. The minimum atomic E-state index is -0.0184. The SMILES string of the molecule is Cc1ccc(CC(=O)c2cn[nH]c2N)cc1. The summed E-state index contributed by atoms with van der Waals surface area (Å²) < 4.78 is 0. The van der Waals surface area contributed by atoms with Crippen LogP contribution in [0.1, 0.15) is 21.5 Å². The number of nitrogens with two attached hydrogens (primary N) is 1. The second-order valence-corrected chi connectivity index (χ2v) is 3.78. The Morgan fingerprint density at radius 3 is 2.62 bits per heavy atom. The van der Waals surface area contributed by atoms with E-state index in [9.17, 15) is 4.79 Å². The molecule has 0 aliphatic heterocycles. The number of hydrogen-bond donors (Lipinski definition) is 2. The molecule has 4 nitrogen and oxygen atoms in total. The number of nitrogens with one attached hydrogen (secondary N) is 1. The molecule has 3 N–H and O–H groups in total. The molecule has 1 aromatic carbocycles. The first kappa shape index (κ1) is 10.4. The van der Waals surface area contributed by atoms with Crippen molar-refractivity contribution in [2.75, 3.05) is 5.73 Å². The van der Waals surface area contributed by atoms with Crippen LogP contribution in [-0.2, 0) is 6.42 Å². The van der Waals surface area contributed by atoms with Crippen LogP contribution in [0.25, 0.3) is 0 Å². The van der Waals surface area contributed by atoms with Gasteiger partial charge in [0.15, 0.2) is 5.78 Å². The van der Waals surface area contributed by atoms with E-state index < -0.39 is 0 Å². The highest BCUT2D eigenvalue weighted by molar-refractivity contribution is 6.00. The molecule has 0 radical (unpaired) electrons. The third-order valence-corrected chi connectivity index (χ3v) is 2.45. The first-order valence-corrected chi connectivity index (χ1v) is 5.04. The Hall–Kier alpha value is -2.10. The molecule has 0 aliphatic rings. The molecule has 0 saturated carbocycles. The number of carbonyl (C=O) groups excluding carboxylic acids is 1. The molecule has 1 aromatic heterocycles. The number of ketones is 1. The van der Waals surface area contributed by atoms with Gasteiger partial charge >= 0.3 is 0 Å². The smallest absolute Gasteiger partial charge is 0.172 e. The molecular formula is C12H13N3O. The Balaban J connectivity index is 2.14. The first-order valence-electron chi connectivity index (χ1n) is 5.04. The zero-order chi connectivity index (χ0) is 11.5. The van der Waals surface area contributed by atoms with E-state index in [0.29, 0.717) is 17.8 Å². The van der Waals surface area contributed by atoms with Gasteiger partial charge in [0.05, 0.1) is 11.8 Å². The predicted octanol–water partition coefficient (Wildman–Crippen LogP) is 1.73. The number of carbonyl (C=O) groups is 1. The average Bonchev–Trinajstić information content (AvgIpc) is 2.68. The highest BCUT2D eigenvalue weighted by atomic mass is 16.1. The van der Waals surface area contributed by atoms with E-state index in [4.69, 9.17) is 5.73 Å². The second-order valence-electron chi connectivity index (χ2n) is 3.78. The van der Waals surface area contributed by atoms with E-state index in [2.05, 4.69) is 10.2 Å². The van der Waals surface area contributed by atoms with Crippen molar-refractivity contribution in [3.8, 4) is 0 Å². The van der Waals surface area contributed by atoms with Crippen LogP contribution in [0.2, 0.25) is 0 Å². The van der Waals surface area contributed by atoms with E-state index in [1.165, 1.54) is 11.8 Å². The molecule has 0 saturated heterocycles. The summed E-state index contributed by atoms with van der Waals surface area (Å²) in [6, 6.07) is 7.87. The number of aromatic nitrogens is 2. The summed E-state index contributed by atoms with van der Waals surface area (Å²) in [4.78, 5) is 11.8. The quantitative estimate of drug-likeness (QED) is 0.766. The van der Waals surface area contributed by atoms with Crippen LogP contribution in [0.4, 0.5) is 5.82 Å². The average molecular weight is 215 g/mol. The lowest BCUT2D eigenvalue weighted by Gasteiger charge is -2.00. The van der Waals surface area contributed by atoms with Crippen LogP contribution in [0.5, 0.6) is 0 Å². The van der Waals surface area contributed by atoms with E-state index >= 15 is 0 Å². The van der Waals surface area contributed by atoms with Crippen molar-refractivity contribution in [2.45, 2.75) is 13.3 Å². The van der Waals surface area contributed by atoms with Gasteiger partial charge in [-0.25, -0.2) is 0 Å². The Morgan fingerprint density at radius 2 is 2.06 bits per heavy atom. The minimum Gasteiger partial charge on any atom is -0.383 e. The van der Waals surface area contributed by atoms with Crippen LogP contribution in [0.15, 0.2) is 30.5 Å². The molecule has 2 rings (SSSR count). The molecule has 1 heterocycles. The van der Waals surface area contributed by atoms with Crippen LogP contribution in [0.3, 0.4) is 0 Å². The zero-order valence-electron chi connectivity index (χ0n) is 9.03. The topological polar surface area (TPSA) is 71.8 Å². The van der Waals surface area contributed by atoms with Gasteiger partial charge in [0.2, 0.25) is 0 Å². The first-order chi connectivity index (χ1) is 7.66. The molecule has 82 valence electrons. The molecule has 0 aliphatic carbocycles. The lowest BCUT2D eigenvalue weighted by molar-refractivity contribution is 0.0994. The van der Waals surface area contributed by atoms with E-state index in [1.807, 2.05) is 31.2 Å². The molecule has 16 heavy (non-hydrogen) atoms. The van der Waals surface area contributed by atoms with Crippen molar-refractivity contribution in [3.63, 3.8) is 0 Å². The van der Waals surface area contributed by atoms with Gasteiger partial charge in [0.1, 0.15) is 5.82 Å². The van der Waals surface area contributed by atoms with Gasteiger partial charge in [0, 0.05) is 6.42 Å². The molecular weight excluding hydrogens is 202 g/mol. The number of aromatic amines is 1. The van der Waals surface area contributed by atoms with Gasteiger partial charge in [-0.05, 0) is 12.5 Å². The molecule has 0 spiro atoms. The monoisotopic (exact) mass is 215 g/mol. The lowest BCUT2D eigenvalue weighted by Crippen LogP contribution is -2.05. The van der Waals surface area contributed by atoms with Crippen LogP contribution >= 0.6 is 0 Å². The molecule has 0 bridgehead atoms. The molecule has 0 amide bonds. The number of benzene rings is 1. The summed E-state index contributed by atoms with van der Waals surface area (Å²) in [5, 5.41) is 6.28. The Morgan fingerprint density at radius 1 is 1.38 bits per heavy atom. The summed E-state index contributed by atoms with van der Waals surface area (Å²) in [5.41, 5.74) is 8.20. The Labute approximate surface area is 93.5 Å². The van der Waals surface area contributed by atoms with Crippen LogP contribution < -0.4 is 5.73 Å². The largest absolute Gasteiger partial charge is 0.383 e. The maximum Gasteiger partial charge on any atom is 0.172 e. The highest BCUT2D eigenvalue weighted by Crippen LogP contribution is 2.12. The second kappa shape index (κ2) is 4.18. The Kier molecular flexibility index (Phi) is 2.72. The summed E-state index contributed by atoms with van der Waals surface area (Å²) in [6.45, 7) is 2.01. The third kappa shape index (κ3) is 2.11. The summed E-state index contributed by atoms with van der Waals surface area (Å²) in [6.07, 6.45) is 1.82. The maximum atomic E-state index is 11.8. The van der Waals surface area contributed by atoms with E-state index in [0.717, 1.165) is 5.56 Å². The molecule has 0 unspecified atom stereocenters. The van der Waals surface area contributed by atoms with Crippen molar-refractivity contribution in [1.82, 2.24) is 10.2 Å². The van der Waals surface area contributed by atoms with Gasteiger partial charge in [-0.2, -0.15) is 5.10 Å². The number of hydrogen-bond acceptors (Lipinski definition) is 3. The number of anilines is 1. The van der Waals surface area contributed by atoms with Crippen molar-refractivity contribution < 1.29 is 4.79 Å². The predicted molar refractivity (Wildman–Crippen MR) is 62.2 cm³/mol. The molecule has 0 fully saturated rings. The maximum absolute atomic E-state index is 11.8. The number of nitrogen functional groups attached to an aromatic ring is 1. The fourth-order valence-corrected chi connectivity index (χ4v) is 1.50. The fraction of sp³-hybridized carbons (Fsp3) is 0.167. The number of aryl methyl sites for hydroxylation is 1. The fourth-order valence-electron chi connectivity index (χ4n) is 1.50. The Bertz CT molecular complexity index is 499. The van der Waals surface area contributed by atoms with E-state index in [1.54, 1.807) is 0 Å². The van der Waals surface area contributed by atoms with Crippen LogP contribution in [-0.4, -0.2) is 16.0 Å². The third-order valence-electron chi connectivity index (χ3n) is 2.45. The number of H-pyrrole nitrogens is 1. The standard InChI is InChI=1S/C12H13N3O/c1-8-2-4-9(5-3-8)6-11(16)10-7-14-15-12(10)13/h2-5,7H,6H2,1H3,(H3,13,14,15). The summed E-state index contributed by atoms with van der Waals surface area (Å²) in [7, 11) is 0. The number of rotatable bonds is 3. The summed E-state index contributed by atoms with van der Waals surface area (Å²) >= 11 is 0. The molecule has 2 aromatic rings. The normalized spacial score (nSPS) is 10.3. The van der Waals surface area contributed by atoms with Crippen molar-refractivity contribution in [2.24, 2.45) is 0 Å². The lowest BCUT2D eigenvalue weighted by atomic mass is 10.0.